The molecule has 0 bridgehead atoms. The Morgan fingerprint density at radius 1 is 1.33 bits per heavy atom. The normalized spacial score (nSPS) is 10.5. The molecule has 0 aliphatic heterocycles. The summed E-state index contributed by atoms with van der Waals surface area (Å²) in [6.45, 7) is 0. The van der Waals surface area contributed by atoms with Crippen molar-refractivity contribution in [2.24, 2.45) is 11.7 Å². The van der Waals surface area contributed by atoms with Crippen LogP contribution in [0.25, 0.3) is 11.3 Å². The Labute approximate surface area is 115 Å². The van der Waals surface area contributed by atoms with Crippen molar-refractivity contribution in [3.63, 3.8) is 0 Å². The number of hydrogen-bond acceptors (Lipinski definition) is 6. The third-order valence-electron chi connectivity index (χ3n) is 2.10. The highest BCUT2D eigenvalue weighted by Crippen LogP contribution is 2.29. The van der Waals surface area contributed by atoms with Crippen LogP contribution >= 0.6 is 0 Å². The number of ether oxygens (including phenoxy) is 1. The molecule has 1 aromatic heterocycles. The molecule has 0 spiro atoms. The maximum atomic E-state index is 12.1. The van der Waals surface area contributed by atoms with Gasteiger partial charge in [0.15, 0.2) is 17.8 Å². The predicted octanol–water partition coefficient (Wildman–Crippen LogP) is 1.76. The average Bonchev–Trinajstić information content (AvgIpc) is 2.88. The molecule has 21 heavy (non-hydrogen) atoms. The van der Waals surface area contributed by atoms with Crippen LogP contribution in [-0.2, 0) is 0 Å². The summed E-state index contributed by atoms with van der Waals surface area (Å²) in [6.07, 6.45) is -3.92. The van der Waals surface area contributed by atoms with Crippen LogP contribution in [0.1, 0.15) is 10.5 Å². The van der Waals surface area contributed by atoms with E-state index in [-0.39, 0.29) is 17.0 Å². The Morgan fingerprint density at radius 3 is 2.57 bits per heavy atom. The highest BCUT2D eigenvalue weighted by molar-refractivity contribution is 5.92. The Hall–Kier alpha value is -2.59. The quantitative estimate of drug-likeness (QED) is 0.582. The molecule has 1 heterocycles. The van der Waals surface area contributed by atoms with Gasteiger partial charge in [-0.05, 0) is 12.1 Å². The lowest BCUT2D eigenvalue weighted by atomic mass is 10.1. The summed E-state index contributed by atoms with van der Waals surface area (Å²) >= 11 is 0. The first-order chi connectivity index (χ1) is 9.87. The summed E-state index contributed by atoms with van der Waals surface area (Å²) in [5.41, 5.74) is -0.263. The Bertz CT molecular complexity index is 613. The predicted molar refractivity (Wildman–Crippen MR) is 64.0 cm³/mol. The largest absolute Gasteiger partial charge is 0.573 e. The zero-order valence-corrected chi connectivity index (χ0v) is 10.3. The molecule has 1 aromatic carbocycles. The topological polar surface area (TPSA) is 125 Å². The summed E-state index contributed by atoms with van der Waals surface area (Å²) in [5, 5.41) is 8.84. The summed E-state index contributed by atoms with van der Waals surface area (Å²) in [4.78, 5) is 14.3. The number of nitrogens with zero attached hydrogens (tertiary/aromatic N) is 1. The second-order valence-corrected chi connectivity index (χ2v) is 3.41. The van der Waals surface area contributed by atoms with Crippen molar-refractivity contribution >= 4 is 5.97 Å². The van der Waals surface area contributed by atoms with E-state index in [1.54, 1.807) is 0 Å². The van der Waals surface area contributed by atoms with Crippen LogP contribution in [0.2, 0.25) is 0 Å². The maximum absolute atomic E-state index is 12.1. The van der Waals surface area contributed by atoms with E-state index in [1.807, 2.05) is 0 Å². The number of halogens is 3. The van der Waals surface area contributed by atoms with Gasteiger partial charge in [0, 0.05) is 5.56 Å². The number of aromatic nitrogens is 1. The number of oxazole rings is 1. The summed E-state index contributed by atoms with van der Waals surface area (Å²) < 4.78 is 44.8. The number of carboxylic acids is 1. The fourth-order valence-electron chi connectivity index (χ4n) is 1.44. The molecule has 0 atom stereocenters. The second kappa shape index (κ2) is 6.72. The molecule has 7 nitrogen and oxygen atoms in total. The number of benzene rings is 1. The number of hydrazine groups is 1. The van der Waals surface area contributed by atoms with Crippen LogP contribution < -0.4 is 16.4 Å². The molecule has 0 amide bonds. The van der Waals surface area contributed by atoms with Crippen molar-refractivity contribution in [2.75, 3.05) is 0 Å². The van der Waals surface area contributed by atoms with E-state index in [0.717, 1.165) is 18.5 Å². The van der Waals surface area contributed by atoms with E-state index in [9.17, 15) is 18.0 Å². The van der Waals surface area contributed by atoms with Crippen molar-refractivity contribution in [1.82, 2.24) is 4.98 Å². The van der Waals surface area contributed by atoms with Crippen molar-refractivity contribution < 1.29 is 32.2 Å². The molecule has 2 aromatic rings. The fourth-order valence-corrected chi connectivity index (χ4v) is 1.44. The molecule has 0 fully saturated rings. The van der Waals surface area contributed by atoms with Crippen LogP contribution in [0.3, 0.4) is 0 Å². The van der Waals surface area contributed by atoms with Gasteiger partial charge in [-0.1, -0.05) is 12.1 Å². The van der Waals surface area contributed by atoms with Gasteiger partial charge in [0.2, 0.25) is 0 Å². The number of carbonyl (C=O) groups is 1. The molecular formula is C11H10F3N3O4. The fraction of sp³-hybridized carbons (Fsp3) is 0.0909. The summed E-state index contributed by atoms with van der Waals surface area (Å²) in [6, 6.07) is 4.77. The van der Waals surface area contributed by atoms with Crippen molar-refractivity contribution in [2.45, 2.75) is 6.36 Å². The third kappa shape index (κ3) is 4.47. The highest BCUT2D eigenvalue weighted by Gasteiger charge is 2.31. The molecule has 0 aliphatic carbocycles. The van der Waals surface area contributed by atoms with Gasteiger partial charge in [0.25, 0.3) is 0 Å². The van der Waals surface area contributed by atoms with E-state index in [4.69, 9.17) is 9.52 Å². The lowest BCUT2D eigenvalue weighted by Crippen LogP contribution is -2.17. The molecular weight excluding hydrogens is 295 g/mol. The van der Waals surface area contributed by atoms with E-state index in [2.05, 4.69) is 21.4 Å². The van der Waals surface area contributed by atoms with Crippen molar-refractivity contribution in [1.29, 1.82) is 0 Å². The first-order valence-electron chi connectivity index (χ1n) is 5.23. The number of alkyl halides is 3. The van der Waals surface area contributed by atoms with Gasteiger partial charge in [-0.3, -0.25) is 11.7 Å². The molecule has 0 unspecified atom stereocenters. The van der Waals surface area contributed by atoms with Gasteiger partial charge in [0.1, 0.15) is 5.75 Å². The molecule has 114 valence electrons. The van der Waals surface area contributed by atoms with Crippen LogP contribution in [0.15, 0.2) is 35.1 Å². The van der Waals surface area contributed by atoms with Crippen LogP contribution in [0.4, 0.5) is 13.2 Å². The van der Waals surface area contributed by atoms with Gasteiger partial charge in [-0.2, -0.15) is 0 Å². The first-order valence-corrected chi connectivity index (χ1v) is 5.23. The molecule has 5 N–H and O–H groups in total. The van der Waals surface area contributed by atoms with Crippen molar-refractivity contribution in [3.05, 3.63) is 36.4 Å². The third-order valence-corrected chi connectivity index (χ3v) is 2.10. The Morgan fingerprint density at radius 2 is 2.00 bits per heavy atom. The molecule has 0 aliphatic rings. The van der Waals surface area contributed by atoms with Crippen LogP contribution in [0, 0.1) is 0 Å². The zero-order chi connectivity index (χ0) is 16.0. The van der Waals surface area contributed by atoms with E-state index < -0.39 is 18.1 Å². The average molecular weight is 305 g/mol. The SMILES string of the molecule is NN.O=C(O)c1ncoc1-c1cccc(OC(F)(F)F)c1. The summed E-state index contributed by atoms with van der Waals surface area (Å²) in [7, 11) is 0. The standard InChI is InChI=1S/C11H6F3NO4.H4N2/c12-11(13,14)19-7-3-1-2-6(4-7)9-8(10(16)17)15-5-18-9;1-2/h1-5H,(H,16,17);1-2H2. The zero-order valence-electron chi connectivity index (χ0n) is 10.3. The minimum Gasteiger partial charge on any atom is -0.476 e. The van der Waals surface area contributed by atoms with Gasteiger partial charge in [-0.15, -0.1) is 13.2 Å². The smallest absolute Gasteiger partial charge is 0.476 e. The number of hydrogen-bond donors (Lipinski definition) is 3. The first kappa shape index (κ1) is 16.5. The van der Waals surface area contributed by atoms with Crippen LogP contribution in [0.5, 0.6) is 5.75 Å². The van der Waals surface area contributed by atoms with Crippen LogP contribution in [-0.4, -0.2) is 22.4 Å². The number of nitrogens with two attached hydrogens (primary N) is 2. The minimum atomic E-state index is -4.82. The number of rotatable bonds is 3. The highest BCUT2D eigenvalue weighted by atomic mass is 19.4. The second-order valence-electron chi connectivity index (χ2n) is 3.41. The maximum Gasteiger partial charge on any atom is 0.573 e. The molecule has 0 saturated carbocycles. The van der Waals surface area contributed by atoms with E-state index in [0.29, 0.717) is 0 Å². The van der Waals surface area contributed by atoms with Gasteiger partial charge < -0.3 is 14.3 Å². The monoisotopic (exact) mass is 305 g/mol. The lowest BCUT2D eigenvalue weighted by Gasteiger charge is -2.09. The van der Waals surface area contributed by atoms with Gasteiger partial charge in [-0.25, -0.2) is 9.78 Å². The van der Waals surface area contributed by atoms with Crippen molar-refractivity contribution in [3.8, 4) is 17.1 Å². The van der Waals surface area contributed by atoms with Gasteiger partial charge >= 0.3 is 12.3 Å². The lowest BCUT2D eigenvalue weighted by molar-refractivity contribution is -0.274. The Kier molecular flexibility index (Phi) is 5.27. The summed E-state index contributed by atoms with van der Waals surface area (Å²) in [5.74, 6) is 6.05. The molecule has 0 saturated heterocycles. The molecule has 10 heteroatoms. The minimum absolute atomic E-state index is 0.122. The van der Waals surface area contributed by atoms with Gasteiger partial charge in [0.05, 0.1) is 0 Å². The Balaban J connectivity index is 0.00000106. The number of carboxylic acid groups (broad SMARTS) is 1. The molecule has 2 rings (SSSR count). The van der Waals surface area contributed by atoms with E-state index >= 15 is 0 Å². The van der Waals surface area contributed by atoms with E-state index in [1.165, 1.54) is 12.1 Å². The molecule has 0 radical (unpaired) electrons. The number of aromatic carboxylic acids is 1.